The van der Waals surface area contributed by atoms with Crippen LogP contribution >= 0.6 is 0 Å². The summed E-state index contributed by atoms with van der Waals surface area (Å²) >= 11 is 0. The van der Waals surface area contributed by atoms with E-state index in [1.165, 1.54) is 116 Å². The van der Waals surface area contributed by atoms with Crippen LogP contribution in [0.2, 0.25) is 0 Å². The van der Waals surface area contributed by atoms with Gasteiger partial charge in [0.15, 0.2) is 0 Å². The van der Waals surface area contributed by atoms with Crippen molar-refractivity contribution in [2.24, 2.45) is 11.3 Å². The zero-order valence-corrected chi connectivity index (χ0v) is 18.8. The average molecular weight is 353 g/mol. The minimum absolute atomic E-state index is 0.667. The zero-order valence-electron chi connectivity index (χ0n) is 18.8. The van der Waals surface area contributed by atoms with Gasteiger partial charge in [-0.25, -0.2) is 0 Å². The van der Waals surface area contributed by atoms with E-state index in [0.29, 0.717) is 5.41 Å². The third-order valence-corrected chi connectivity index (χ3v) is 6.48. The number of unbranched alkanes of at least 4 members (excludes halogenated alkanes) is 8. The van der Waals surface area contributed by atoms with Crippen molar-refractivity contribution in [1.29, 1.82) is 0 Å². The van der Waals surface area contributed by atoms with Gasteiger partial charge < -0.3 is 0 Å². The summed E-state index contributed by atoms with van der Waals surface area (Å²) in [4.78, 5) is 0. The van der Waals surface area contributed by atoms with Gasteiger partial charge in [-0.1, -0.05) is 118 Å². The van der Waals surface area contributed by atoms with E-state index in [-0.39, 0.29) is 0 Å². The smallest absolute Gasteiger partial charge is 0.0269 e. The molecule has 0 aromatic rings. The first-order chi connectivity index (χ1) is 12.2. The summed E-state index contributed by atoms with van der Waals surface area (Å²) in [6, 6.07) is 0. The lowest BCUT2D eigenvalue weighted by Gasteiger charge is -2.42. The largest absolute Gasteiger partial charge is 0.0654 e. The van der Waals surface area contributed by atoms with Crippen LogP contribution < -0.4 is 0 Å². The lowest BCUT2D eigenvalue weighted by molar-refractivity contribution is 0.0846. The van der Waals surface area contributed by atoms with Crippen molar-refractivity contribution in [2.75, 3.05) is 0 Å². The highest BCUT2D eigenvalue weighted by Gasteiger charge is 2.35. The van der Waals surface area contributed by atoms with Crippen molar-refractivity contribution in [2.45, 2.75) is 150 Å². The van der Waals surface area contributed by atoms with E-state index < -0.39 is 0 Å². The lowest BCUT2D eigenvalue weighted by Crippen LogP contribution is -2.31. The topological polar surface area (TPSA) is 0 Å². The van der Waals surface area contributed by atoms with Gasteiger partial charge >= 0.3 is 0 Å². The van der Waals surface area contributed by atoms with Gasteiger partial charge in [-0.3, -0.25) is 0 Å². The van der Waals surface area contributed by atoms with Crippen LogP contribution in [0.25, 0.3) is 0 Å². The van der Waals surface area contributed by atoms with Crippen LogP contribution in [-0.4, -0.2) is 0 Å². The number of hydrogen-bond donors (Lipinski definition) is 0. The molecule has 0 unspecified atom stereocenters. The van der Waals surface area contributed by atoms with Crippen LogP contribution in [-0.2, 0) is 0 Å². The molecule has 25 heavy (non-hydrogen) atoms. The molecule has 0 aliphatic rings. The first kappa shape index (κ1) is 25.0. The maximum Gasteiger partial charge on any atom is -0.0269 e. The monoisotopic (exact) mass is 352 g/mol. The van der Waals surface area contributed by atoms with E-state index in [4.69, 9.17) is 0 Å². The van der Waals surface area contributed by atoms with Gasteiger partial charge in [-0.2, -0.15) is 0 Å². The van der Waals surface area contributed by atoms with Crippen LogP contribution in [0.5, 0.6) is 0 Å². The highest BCUT2D eigenvalue weighted by Crippen LogP contribution is 2.47. The second-order valence-corrected chi connectivity index (χ2v) is 8.72. The molecule has 0 aliphatic heterocycles. The van der Waals surface area contributed by atoms with Gasteiger partial charge in [0.1, 0.15) is 0 Å². The van der Waals surface area contributed by atoms with E-state index in [1.54, 1.807) is 0 Å². The molecule has 0 aromatic carbocycles. The summed E-state index contributed by atoms with van der Waals surface area (Å²) in [5.74, 6) is 0.999. The second-order valence-electron chi connectivity index (χ2n) is 8.72. The van der Waals surface area contributed by atoms with Crippen molar-refractivity contribution in [1.82, 2.24) is 0 Å². The van der Waals surface area contributed by atoms with Crippen LogP contribution in [0, 0.1) is 11.3 Å². The van der Waals surface area contributed by atoms with Crippen LogP contribution in [0.1, 0.15) is 150 Å². The predicted octanol–water partition coefficient (Wildman–Crippen LogP) is 9.71. The van der Waals surface area contributed by atoms with Crippen LogP contribution in [0.15, 0.2) is 0 Å². The fourth-order valence-corrected chi connectivity index (χ4v) is 4.98. The summed E-state index contributed by atoms with van der Waals surface area (Å²) in [6.45, 7) is 11.9. The van der Waals surface area contributed by atoms with Crippen LogP contribution in [0.3, 0.4) is 0 Å². The first-order valence-electron chi connectivity index (χ1n) is 12.2. The van der Waals surface area contributed by atoms with E-state index in [9.17, 15) is 0 Å². The molecule has 0 aromatic heterocycles. The molecule has 0 nitrogen and oxygen atoms in total. The SMILES string of the molecule is CCCCCC(CCCCC)C(CCC)(CCCCC)CCCCC. The summed E-state index contributed by atoms with van der Waals surface area (Å²) < 4.78 is 0. The Kier molecular flexibility index (Phi) is 17.4. The Labute approximate surface area is 161 Å². The molecule has 0 fully saturated rings. The first-order valence-corrected chi connectivity index (χ1v) is 12.2. The molecule has 0 spiro atoms. The minimum Gasteiger partial charge on any atom is -0.0654 e. The van der Waals surface area contributed by atoms with Gasteiger partial charge in [0, 0.05) is 0 Å². The normalized spacial score (nSPS) is 12.2. The highest BCUT2D eigenvalue weighted by molar-refractivity contribution is 4.87. The summed E-state index contributed by atoms with van der Waals surface area (Å²) in [6.07, 6.45) is 26.1. The molecular formula is C25H52. The van der Waals surface area contributed by atoms with Gasteiger partial charge in [0.25, 0.3) is 0 Å². The van der Waals surface area contributed by atoms with Crippen LogP contribution in [0.4, 0.5) is 0 Å². The summed E-state index contributed by atoms with van der Waals surface area (Å²) in [5, 5.41) is 0. The quantitative estimate of drug-likeness (QED) is 0.203. The number of rotatable bonds is 19. The summed E-state index contributed by atoms with van der Waals surface area (Å²) in [7, 11) is 0. The molecule has 0 N–H and O–H groups in total. The third-order valence-electron chi connectivity index (χ3n) is 6.48. The number of hydrogen-bond acceptors (Lipinski definition) is 0. The summed E-state index contributed by atoms with van der Waals surface area (Å²) in [5.41, 5.74) is 0.667. The Bertz CT molecular complexity index is 235. The van der Waals surface area contributed by atoms with Gasteiger partial charge in [0.05, 0.1) is 0 Å². The van der Waals surface area contributed by atoms with Gasteiger partial charge in [-0.05, 0) is 43.4 Å². The molecule has 0 aliphatic carbocycles. The van der Waals surface area contributed by atoms with Crippen molar-refractivity contribution < 1.29 is 0 Å². The van der Waals surface area contributed by atoms with Crippen molar-refractivity contribution in [3.63, 3.8) is 0 Å². The molecule has 0 heterocycles. The Hall–Kier alpha value is 0. The molecular weight excluding hydrogens is 300 g/mol. The molecule has 0 atom stereocenters. The van der Waals surface area contributed by atoms with E-state index in [2.05, 4.69) is 34.6 Å². The van der Waals surface area contributed by atoms with E-state index >= 15 is 0 Å². The molecule has 0 radical (unpaired) electrons. The fourth-order valence-electron chi connectivity index (χ4n) is 4.98. The molecule has 0 amide bonds. The zero-order chi connectivity index (χ0) is 18.8. The third kappa shape index (κ3) is 11.3. The van der Waals surface area contributed by atoms with E-state index in [1.807, 2.05) is 0 Å². The van der Waals surface area contributed by atoms with Crippen molar-refractivity contribution in [3.8, 4) is 0 Å². The molecule has 0 heteroatoms. The standard InChI is InChI=1S/C25H52/c1-6-11-15-19-24(20-16-12-7-2)25(21-10-5,22-17-13-8-3)23-18-14-9-4/h24H,6-23H2,1-5H3. The Morgan fingerprint density at radius 2 is 0.840 bits per heavy atom. The van der Waals surface area contributed by atoms with E-state index in [0.717, 1.165) is 5.92 Å². The van der Waals surface area contributed by atoms with Gasteiger partial charge in [-0.15, -0.1) is 0 Å². The minimum atomic E-state index is 0.667. The van der Waals surface area contributed by atoms with Gasteiger partial charge in [0.2, 0.25) is 0 Å². The molecule has 0 saturated carbocycles. The van der Waals surface area contributed by atoms with Crippen molar-refractivity contribution >= 4 is 0 Å². The highest BCUT2D eigenvalue weighted by atomic mass is 14.4. The average Bonchev–Trinajstić information content (AvgIpc) is 2.61. The Morgan fingerprint density at radius 3 is 1.20 bits per heavy atom. The molecule has 152 valence electrons. The second kappa shape index (κ2) is 17.4. The Balaban J connectivity index is 5.15. The maximum absolute atomic E-state index is 2.43. The Morgan fingerprint density at radius 1 is 0.440 bits per heavy atom. The lowest BCUT2D eigenvalue weighted by atomic mass is 9.63. The molecule has 0 bridgehead atoms. The maximum atomic E-state index is 2.43. The molecule has 0 saturated heterocycles. The van der Waals surface area contributed by atoms with Crippen molar-refractivity contribution in [3.05, 3.63) is 0 Å². The fraction of sp³-hybridized carbons (Fsp3) is 1.00. The predicted molar refractivity (Wildman–Crippen MR) is 117 cm³/mol. The molecule has 0 rings (SSSR count).